The molecule has 0 aromatic rings. The summed E-state index contributed by atoms with van der Waals surface area (Å²) in [6.07, 6.45) is 13.2. The largest absolute Gasteiger partial charge is 0.394 e. The molecule has 0 aromatic heterocycles. The smallest absolute Gasteiger partial charge is 0.129 e. The van der Waals surface area contributed by atoms with E-state index in [0.29, 0.717) is 24.0 Å². The van der Waals surface area contributed by atoms with Crippen molar-refractivity contribution in [3.8, 4) is 0 Å². The van der Waals surface area contributed by atoms with Crippen LogP contribution in [0, 0.1) is 34.5 Å². The standard InChI is InChI=1S/C22H36N2O/c1-15-4-7-19-18-6-5-16-14-17(24-25-13-12-23)8-10-22(16,3)20(18)9-11-21(15,19)2/h14-15,18-20H,4-13,23H2,1-3H3/t15-,18?,19?,20?,21-,22+/m1/s1. The molecule has 3 saturated carbocycles. The molecule has 6 atom stereocenters. The highest BCUT2D eigenvalue weighted by Gasteiger charge is 2.57. The molecule has 3 nitrogen and oxygen atoms in total. The molecule has 0 bridgehead atoms. The molecule has 4 aliphatic carbocycles. The van der Waals surface area contributed by atoms with E-state index in [1.807, 2.05) is 0 Å². The Bertz CT molecular complexity index is 583. The van der Waals surface area contributed by atoms with E-state index in [4.69, 9.17) is 10.6 Å². The Hall–Kier alpha value is -0.830. The summed E-state index contributed by atoms with van der Waals surface area (Å²) >= 11 is 0. The van der Waals surface area contributed by atoms with Crippen molar-refractivity contribution in [2.45, 2.75) is 72.1 Å². The quantitative estimate of drug-likeness (QED) is 0.584. The van der Waals surface area contributed by atoms with Crippen LogP contribution in [-0.4, -0.2) is 18.9 Å². The predicted molar refractivity (Wildman–Crippen MR) is 103 cm³/mol. The summed E-state index contributed by atoms with van der Waals surface area (Å²) in [5.74, 6) is 3.75. The van der Waals surface area contributed by atoms with E-state index in [1.165, 1.54) is 44.9 Å². The van der Waals surface area contributed by atoms with Gasteiger partial charge in [-0.2, -0.15) is 0 Å². The summed E-state index contributed by atoms with van der Waals surface area (Å²) in [7, 11) is 0. The van der Waals surface area contributed by atoms with Crippen molar-refractivity contribution in [3.05, 3.63) is 11.6 Å². The number of allylic oxidation sites excluding steroid dienone is 2. The molecule has 25 heavy (non-hydrogen) atoms. The number of fused-ring (bicyclic) bond motifs is 5. The molecular formula is C22H36N2O. The van der Waals surface area contributed by atoms with Crippen LogP contribution in [0.3, 0.4) is 0 Å². The first-order valence-electron chi connectivity index (χ1n) is 10.6. The molecule has 3 fully saturated rings. The third kappa shape index (κ3) is 2.69. The lowest BCUT2D eigenvalue weighted by molar-refractivity contribution is -0.0465. The maximum Gasteiger partial charge on any atom is 0.129 e. The van der Waals surface area contributed by atoms with Gasteiger partial charge in [-0.15, -0.1) is 0 Å². The van der Waals surface area contributed by atoms with E-state index in [9.17, 15) is 0 Å². The molecule has 0 aliphatic heterocycles. The maximum atomic E-state index is 5.50. The van der Waals surface area contributed by atoms with Gasteiger partial charge in [0.25, 0.3) is 0 Å². The number of nitrogens with zero attached hydrogens (tertiary/aromatic N) is 1. The summed E-state index contributed by atoms with van der Waals surface area (Å²) < 4.78 is 0. The second kappa shape index (κ2) is 6.40. The number of hydrogen-bond donors (Lipinski definition) is 1. The van der Waals surface area contributed by atoms with Gasteiger partial charge in [0, 0.05) is 6.54 Å². The molecule has 0 amide bonds. The summed E-state index contributed by atoms with van der Waals surface area (Å²) in [6, 6.07) is 0. The predicted octanol–water partition coefficient (Wildman–Crippen LogP) is 4.92. The normalized spacial score (nSPS) is 47.7. The molecule has 3 heteroatoms. The number of rotatable bonds is 3. The Morgan fingerprint density at radius 1 is 1.12 bits per heavy atom. The van der Waals surface area contributed by atoms with Crippen LogP contribution < -0.4 is 5.73 Å². The van der Waals surface area contributed by atoms with Crippen LogP contribution in [0.25, 0.3) is 0 Å². The minimum atomic E-state index is 0.406. The molecule has 0 spiro atoms. The fourth-order valence-electron chi connectivity index (χ4n) is 7.09. The van der Waals surface area contributed by atoms with Crippen LogP contribution >= 0.6 is 0 Å². The van der Waals surface area contributed by atoms with Gasteiger partial charge in [0.15, 0.2) is 0 Å². The van der Waals surface area contributed by atoms with Gasteiger partial charge in [-0.3, -0.25) is 0 Å². The SMILES string of the molecule is C[C@@H]1CCC2C3CCC4=CC(=NOCCN)CC[C@]4(C)C3CC[C@@]21C. The van der Waals surface area contributed by atoms with E-state index in [-0.39, 0.29) is 0 Å². The minimum absolute atomic E-state index is 0.406. The molecule has 4 aliphatic rings. The zero-order valence-corrected chi connectivity index (χ0v) is 16.4. The molecule has 4 rings (SSSR count). The van der Waals surface area contributed by atoms with Crippen LogP contribution in [0.5, 0.6) is 0 Å². The third-order valence-electron chi connectivity index (χ3n) is 8.84. The molecule has 3 unspecified atom stereocenters. The highest BCUT2D eigenvalue weighted by atomic mass is 16.6. The van der Waals surface area contributed by atoms with Gasteiger partial charge in [-0.25, -0.2) is 0 Å². The van der Waals surface area contributed by atoms with Crippen LogP contribution in [0.15, 0.2) is 16.8 Å². The van der Waals surface area contributed by atoms with Crippen molar-refractivity contribution < 1.29 is 4.84 Å². The zero-order chi connectivity index (χ0) is 17.7. The fourth-order valence-corrected chi connectivity index (χ4v) is 7.09. The summed E-state index contributed by atoms with van der Waals surface area (Å²) in [6.45, 7) is 8.75. The Morgan fingerprint density at radius 2 is 1.96 bits per heavy atom. The van der Waals surface area contributed by atoms with Gasteiger partial charge in [-0.05, 0) is 91.9 Å². The number of hydrogen-bond acceptors (Lipinski definition) is 3. The Kier molecular flexibility index (Phi) is 4.50. The lowest BCUT2D eigenvalue weighted by Gasteiger charge is -2.58. The molecule has 0 aromatic carbocycles. The van der Waals surface area contributed by atoms with Crippen molar-refractivity contribution in [3.63, 3.8) is 0 Å². The monoisotopic (exact) mass is 344 g/mol. The first kappa shape index (κ1) is 17.6. The average Bonchev–Trinajstić information content (AvgIpc) is 2.90. The topological polar surface area (TPSA) is 47.6 Å². The average molecular weight is 345 g/mol. The number of oxime groups is 1. The molecule has 140 valence electrons. The lowest BCUT2D eigenvalue weighted by atomic mass is 9.47. The zero-order valence-electron chi connectivity index (χ0n) is 16.4. The van der Waals surface area contributed by atoms with Crippen LogP contribution in [0.2, 0.25) is 0 Å². The van der Waals surface area contributed by atoms with Gasteiger partial charge >= 0.3 is 0 Å². The van der Waals surface area contributed by atoms with Gasteiger partial charge in [0.2, 0.25) is 0 Å². The fraction of sp³-hybridized carbons (Fsp3) is 0.864. The van der Waals surface area contributed by atoms with Crippen LogP contribution in [0.4, 0.5) is 0 Å². The molecule has 0 saturated heterocycles. The molecule has 2 N–H and O–H groups in total. The first-order valence-corrected chi connectivity index (χ1v) is 10.6. The Balaban J connectivity index is 1.57. The minimum Gasteiger partial charge on any atom is -0.394 e. The van der Waals surface area contributed by atoms with Crippen molar-refractivity contribution in [2.24, 2.45) is 45.4 Å². The molecule has 0 heterocycles. The van der Waals surface area contributed by atoms with Crippen LogP contribution in [0.1, 0.15) is 72.1 Å². The van der Waals surface area contributed by atoms with E-state index in [1.54, 1.807) is 5.57 Å². The van der Waals surface area contributed by atoms with E-state index < -0.39 is 0 Å². The van der Waals surface area contributed by atoms with Gasteiger partial charge in [0.05, 0.1) is 5.71 Å². The second-order valence-electron chi connectivity index (χ2n) is 9.73. The lowest BCUT2D eigenvalue weighted by Crippen LogP contribution is -2.50. The third-order valence-corrected chi connectivity index (χ3v) is 8.84. The maximum absolute atomic E-state index is 5.50. The van der Waals surface area contributed by atoms with Gasteiger partial charge < -0.3 is 10.6 Å². The summed E-state index contributed by atoms with van der Waals surface area (Å²) in [5, 5.41) is 4.33. The van der Waals surface area contributed by atoms with Crippen molar-refractivity contribution >= 4 is 5.71 Å². The highest BCUT2D eigenvalue weighted by Crippen LogP contribution is 2.66. The summed E-state index contributed by atoms with van der Waals surface area (Å²) in [5.41, 5.74) is 9.32. The van der Waals surface area contributed by atoms with Gasteiger partial charge in [0.1, 0.15) is 6.61 Å². The van der Waals surface area contributed by atoms with Crippen molar-refractivity contribution in [2.75, 3.05) is 13.2 Å². The van der Waals surface area contributed by atoms with E-state index >= 15 is 0 Å². The first-order chi connectivity index (χ1) is 12.0. The number of nitrogens with two attached hydrogens (primary N) is 1. The van der Waals surface area contributed by atoms with Crippen molar-refractivity contribution in [1.29, 1.82) is 0 Å². The highest BCUT2D eigenvalue weighted by molar-refractivity contribution is 5.96. The Labute approximate surface area is 153 Å². The van der Waals surface area contributed by atoms with Crippen LogP contribution in [-0.2, 0) is 4.84 Å². The summed E-state index contributed by atoms with van der Waals surface area (Å²) in [4.78, 5) is 5.34. The van der Waals surface area contributed by atoms with Crippen molar-refractivity contribution in [1.82, 2.24) is 0 Å². The second-order valence-corrected chi connectivity index (χ2v) is 9.73. The van der Waals surface area contributed by atoms with E-state index in [2.05, 4.69) is 32.0 Å². The van der Waals surface area contributed by atoms with E-state index in [0.717, 1.165) is 35.8 Å². The molecule has 0 radical (unpaired) electrons. The molecular weight excluding hydrogens is 308 g/mol. The van der Waals surface area contributed by atoms with Gasteiger partial charge in [-0.1, -0.05) is 31.5 Å². The Morgan fingerprint density at radius 3 is 2.76 bits per heavy atom.